The predicted octanol–water partition coefficient (Wildman–Crippen LogP) is 5.27. The summed E-state index contributed by atoms with van der Waals surface area (Å²) in [5.41, 5.74) is 0.166. The van der Waals surface area contributed by atoms with Crippen LogP contribution in [0.5, 0.6) is 0 Å². The first-order chi connectivity index (χ1) is 18.1. The second kappa shape index (κ2) is 13.1. The van der Waals surface area contributed by atoms with Gasteiger partial charge in [-0.2, -0.15) is 0 Å². The number of halogens is 3. The van der Waals surface area contributed by atoms with Crippen molar-refractivity contribution in [3.8, 4) is 0 Å². The first-order valence-electron chi connectivity index (χ1n) is 11.9. The quantitative estimate of drug-likeness (QED) is 0.335. The second-order valence-electron chi connectivity index (χ2n) is 8.48. The smallest absolute Gasteiger partial charge is 0.264 e. The van der Waals surface area contributed by atoms with Gasteiger partial charge >= 0.3 is 0 Å². The summed E-state index contributed by atoms with van der Waals surface area (Å²) in [6.45, 7) is 2.81. The van der Waals surface area contributed by atoms with Gasteiger partial charge in [-0.05, 0) is 43.7 Å². The van der Waals surface area contributed by atoms with Gasteiger partial charge < -0.3 is 10.2 Å². The van der Waals surface area contributed by atoms with E-state index in [-0.39, 0.29) is 32.7 Å². The van der Waals surface area contributed by atoms with Gasteiger partial charge in [-0.15, -0.1) is 0 Å². The molecule has 0 aliphatic carbocycles. The van der Waals surface area contributed by atoms with Crippen molar-refractivity contribution in [1.29, 1.82) is 0 Å². The molecular weight excluding hydrogens is 552 g/mol. The zero-order valence-electron chi connectivity index (χ0n) is 20.9. The zero-order chi connectivity index (χ0) is 27.9. The maximum absolute atomic E-state index is 14.5. The number of nitrogens with zero attached hydrogens (tertiary/aromatic N) is 2. The Kier molecular flexibility index (Phi) is 10.1. The summed E-state index contributed by atoms with van der Waals surface area (Å²) < 4.78 is 42.8. The van der Waals surface area contributed by atoms with Crippen molar-refractivity contribution in [2.45, 2.75) is 37.8 Å². The standard InChI is InChI=1S/C27H28Cl2FN3O4S/c1-3-16-31-27(35)19(2)32(17-20-10-7-8-14-23(20)30)25(34)18-33(24-15-9-13-22(28)26(24)29)38(36,37)21-11-5-4-6-12-21/h4-15,19H,3,16-18H2,1-2H3,(H,31,35)/t19-/m1/s1. The monoisotopic (exact) mass is 579 g/mol. The Bertz CT molecular complexity index is 1390. The Morgan fingerprint density at radius 3 is 2.29 bits per heavy atom. The number of carbonyl (C=O) groups is 2. The van der Waals surface area contributed by atoms with Crippen LogP contribution in [0.1, 0.15) is 25.8 Å². The van der Waals surface area contributed by atoms with Gasteiger partial charge in [0.15, 0.2) is 0 Å². The number of carbonyl (C=O) groups excluding carboxylic acids is 2. The SMILES string of the molecule is CCCNC(=O)[C@@H](C)N(Cc1ccccc1F)C(=O)CN(c1cccc(Cl)c1Cl)S(=O)(=O)c1ccccc1. The van der Waals surface area contributed by atoms with Crippen molar-refractivity contribution in [2.75, 3.05) is 17.4 Å². The van der Waals surface area contributed by atoms with Crippen LogP contribution < -0.4 is 9.62 Å². The maximum atomic E-state index is 14.5. The second-order valence-corrected chi connectivity index (χ2v) is 11.1. The lowest BCUT2D eigenvalue weighted by atomic mass is 10.1. The molecule has 2 amide bonds. The van der Waals surface area contributed by atoms with Gasteiger partial charge in [0.25, 0.3) is 10.0 Å². The van der Waals surface area contributed by atoms with Crippen LogP contribution in [-0.2, 0) is 26.2 Å². The van der Waals surface area contributed by atoms with Crippen molar-refractivity contribution in [3.05, 3.63) is 94.2 Å². The summed E-state index contributed by atoms with van der Waals surface area (Å²) >= 11 is 12.6. The summed E-state index contributed by atoms with van der Waals surface area (Å²) in [6.07, 6.45) is 0.677. The fourth-order valence-electron chi connectivity index (χ4n) is 3.71. The van der Waals surface area contributed by atoms with E-state index in [1.165, 1.54) is 55.5 Å². The van der Waals surface area contributed by atoms with Crippen molar-refractivity contribution in [3.63, 3.8) is 0 Å². The lowest BCUT2D eigenvalue weighted by Gasteiger charge is -2.32. The van der Waals surface area contributed by atoms with Crippen molar-refractivity contribution in [2.24, 2.45) is 0 Å². The van der Waals surface area contributed by atoms with E-state index in [2.05, 4.69) is 5.32 Å². The topological polar surface area (TPSA) is 86.8 Å². The molecule has 0 spiro atoms. The first kappa shape index (κ1) is 29.4. The van der Waals surface area contributed by atoms with E-state index in [0.29, 0.717) is 13.0 Å². The molecule has 0 aliphatic heterocycles. The molecule has 0 radical (unpaired) electrons. The third-order valence-electron chi connectivity index (χ3n) is 5.83. The molecule has 0 fully saturated rings. The maximum Gasteiger partial charge on any atom is 0.264 e. The summed E-state index contributed by atoms with van der Waals surface area (Å²) in [5.74, 6) is -1.74. The van der Waals surface area contributed by atoms with Crippen LogP contribution in [-0.4, -0.2) is 44.3 Å². The number of rotatable bonds is 11. The average Bonchev–Trinajstić information content (AvgIpc) is 2.91. The van der Waals surface area contributed by atoms with Gasteiger partial charge in [-0.1, -0.05) is 72.6 Å². The van der Waals surface area contributed by atoms with E-state index < -0.39 is 40.2 Å². The molecule has 202 valence electrons. The number of nitrogens with one attached hydrogen (secondary N) is 1. The Balaban J connectivity index is 2.06. The lowest BCUT2D eigenvalue weighted by Crippen LogP contribution is -2.51. The van der Waals surface area contributed by atoms with Gasteiger partial charge in [0, 0.05) is 18.7 Å². The lowest BCUT2D eigenvalue weighted by molar-refractivity contribution is -0.139. The molecule has 0 unspecified atom stereocenters. The van der Waals surface area contributed by atoms with E-state index in [1.54, 1.807) is 24.3 Å². The molecule has 1 N–H and O–H groups in total. The van der Waals surface area contributed by atoms with Gasteiger partial charge in [0.1, 0.15) is 18.4 Å². The van der Waals surface area contributed by atoms with Crippen LogP contribution in [0.25, 0.3) is 0 Å². The molecule has 3 aromatic carbocycles. The molecule has 1 atom stereocenters. The molecule has 3 aromatic rings. The molecule has 3 rings (SSSR count). The highest BCUT2D eigenvalue weighted by atomic mass is 35.5. The molecule has 11 heteroatoms. The van der Waals surface area contributed by atoms with E-state index in [9.17, 15) is 22.4 Å². The van der Waals surface area contributed by atoms with Gasteiger partial charge in [-0.3, -0.25) is 13.9 Å². The Morgan fingerprint density at radius 2 is 1.63 bits per heavy atom. The molecule has 0 bridgehead atoms. The Labute approximate surface area is 232 Å². The fourth-order valence-corrected chi connectivity index (χ4v) is 5.60. The molecule has 0 aliphatic rings. The van der Waals surface area contributed by atoms with Crippen LogP contribution in [0, 0.1) is 5.82 Å². The first-order valence-corrected chi connectivity index (χ1v) is 14.1. The molecule has 0 saturated carbocycles. The predicted molar refractivity (Wildman–Crippen MR) is 147 cm³/mol. The minimum atomic E-state index is -4.29. The minimum Gasteiger partial charge on any atom is -0.354 e. The summed E-state index contributed by atoms with van der Waals surface area (Å²) in [6, 6.07) is 16.8. The molecule has 7 nitrogen and oxygen atoms in total. The number of anilines is 1. The number of hydrogen-bond donors (Lipinski definition) is 1. The van der Waals surface area contributed by atoms with E-state index in [4.69, 9.17) is 23.2 Å². The van der Waals surface area contributed by atoms with Crippen molar-refractivity contribution in [1.82, 2.24) is 10.2 Å². The molecule has 0 saturated heterocycles. The third-order valence-corrected chi connectivity index (χ3v) is 8.41. The largest absolute Gasteiger partial charge is 0.354 e. The van der Waals surface area contributed by atoms with E-state index in [1.807, 2.05) is 6.92 Å². The molecular formula is C27H28Cl2FN3O4S. The number of sulfonamides is 1. The van der Waals surface area contributed by atoms with E-state index in [0.717, 1.165) is 9.21 Å². The van der Waals surface area contributed by atoms with Crippen molar-refractivity contribution < 1.29 is 22.4 Å². The van der Waals surface area contributed by atoms with Gasteiger partial charge in [-0.25, -0.2) is 12.8 Å². The van der Waals surface area contributed by atoms with Crippen LogP contribution in [0.15, 0.2) is 77.7 Å². The number of amides is 2. The Morgan fingerprint density at radius 1 is 0.974 bits per heavy atom. The molecule has 0 aromatic heterocycles. The highest BCUT2D eigenvalue weighted by molar-refractivity contribution is 7.92. The highest BCUT2D eigenvalue weighted by Crippen LogP contribution is 2.35. The number of benzene rings is 3. The minimum absolute atomic E-state index is 0.00898. The average molecular weight is 581 g/mol. The van der Waals surface area contributed by atoms with Gasteiger partial charge in [0.05, 0.1) is 20.6 Å². The number of hydrogen-bond acceptors (Lipinski definition) is 4. The molecule has 38 heavy (non-hydrogen) atoms. The highest BCUT2D eigenvalue weighted by Gasteiger charge is 2.33. The fraction of sp³-hybridized carbons (Fsp3) is 0.259. The summed E-state index contributed by atoms with van der Waals surface area (Å²) in [4.78, 5) is 27.7. The summed E-state index contributed by atoms with van der Waals surface area (Å²) in [5, 5.41) is 2.77. The van der Waals surface area contributed by atoms with Crippen LogP contribution in [0.3, 0.4) is 0 Å². The van der Waals surface area contributed by atoms with Crippen LogP contribution >= 0.6 is 23.2 Å². The Hall–Kier alpha value is -3.14. The zero-order valence-corrected chi connectivity index (χ0v) is 23.2. The van der Waals surface area contributed by atoms with Crippen LogP contribution in [0.4, 0.5) is 10.1 Å². The summed E-state index contributed by atoms with van der Waals surface area (Å²) in [7, 11) is -4.29. The van der Waals surface area contributed by atoms with Crippen LogP contribution in [0.2, 0.25) is 10.0 Å². The molecule has 0 heterocycles. The van der Waals surface area contributed by atoms with Gasteiger partial charge in [0.2, 0.25) is 11.8 Å². The van der Waals surface area contributed by atoms with E-state index >= 15 is 0 Å². The third kappa shape index (κ3) is 6.83. The normalized spacial score (nSPS) is 12.0. The van der Waals surface area contributed by atoms with Crippen molar-refractivity contribution >= 4 is 50.7 Å².